The summed E-state index contributed by atoms with van der Waals surface area (Å²) in [4.78, 5) is 29.0. The number of fused-ring (bicyclic) bond motifs is 1. The minimum atomic E-state index is -0.0551. The standard InChI is InChI=1S/C24H23ClN6O/c25-19-8-6-17(7-9-19)15-26-24(32)31-12-10-30(11-13-31)23-20-14-21(18-4-2-1-3-5-18)29-22(20)27-16-28-23/h1-9,14,16H,10-13,15H2,(H,26,32)(H,27,28,29). The summed E-state index contributed by atoms with van der Waals surface area (Å²) in [7, 11) is 0. The van der Waals surface area contributed by atoms with E-state index in [-0.39, 0.29) is 6.03 Å². The molecule has 0 saturated carbocycles. The Morgan fingerprint density at radius 3 is 2.50 bits per heavy atom. The summed E-state index contributed by atoms with van der Waals surface area (Å²) in [5.74, 6) is 0.898. The van der Waals surface area contributed by atoms with Gasteiger partial charge in [0.15, 0.2) is 0 Å². The van der Waals surface area contributed by atoms with E-state index in [1.54, 1.807) is 6.33 Å². The van der Waals surface area contributed by atoms with Crippen molar-refractivity contribution in [1.29, 1.82) is 0 Å². The van der Waals surface area contributed by atoms with Crippen LogP contribution < -0.4 is 10.2 Å². The number of aromatic amines is 1. The summed E-state index contributed by atoms with van der Waals surface area (Å²) in [5, 5.41) is 4.67. The van der Waals surface area contributed by atoms with Crippen molar-refractivity contribution >= 4 is 34.5 Å². The second kappa shape index (κ2) is 8.88. The van der Waals surface area contributed by atoms with E-state index < -0.39 is 0 Å². The Kier molecular flexibility index (Phi) is 5.64. The van der Waals surface area contributed by atoms with Crippen molar-refractivity contribution < 1.29 is 4.79 Å². The zero-order valence-electron chi connectivity index (χ0n) is 17.5. The van der Waals surface area contributed by atoms with Gasteiger partial charge in [0.05, 0.1) is 5.39 Å². The topological polar surface area (TPSA) is 77.2 Å². The number of hydrogen-bond acceptors (Lipinski definition) is 4. The third-order valence-electron chi connectivity index (χ3n) is 5.71. The number of aromatic nitrogens is 3. The van der Waals surface area contributed by atoms with Crippen LogP contribution in [0.3, 0.4) is 0 Å². The predicted octanol–water partition coefficient (Wildman–Crippen LogP) is 4.31. The van der Waals surface area contributed by atoms with E-state index in [1.165, 1.54) is 0 Å². The average Bonchev–Trinajstić information content (AvgIpc) is 3.29. The van der Waals surface area contributed by atoms with Gasteiger partial charge in [0, 0.05) is 43.4 Å². The number of urea groups is 1. The molecular formula is C24H23ClN6O. The normalized spacial score (nSPS) is 14.0. The minimum absolute atomic E-state index is 0.0551. The Morgan fingerprint density at radius 2 is 1.75 bits per heavy atom. The first-order chi connectivity index (χ1) is 15.7. The number of H-pyrrole nitrogens is 1. The van der Waals surface area contributed by atoms with Crippen LogP contribution in [0.5, 0.6) is 0 Å². The van der Waals surface area contributed by atoms with E-state index in [1.807, 2.05) is 47.4 Å². The second-order valence-corrected chi connectivity index (χ2v) is 8.20. The fraction of sp³-hybridized carbons (Fsp3) is 0.208. The fourth-order valence-electron chi connectivity index (χ4n) is 3.97. The molecule has 1 fully saturated rings. The van der Waals surface area contributed by atoms with Crippen LogP contribution in [-0.2, 0) is 6.54 Å². The first-order valence-corrected chi connectivity index (χ1v) is 11.0. The number of nitrogens with one attached hydrogen (secondary N) is 2. The predicted molar refractivity (Wildman–Crippen MR) is 127 cm³/mol. The molecule has 1 saturated heterocycles. The number of carbonyl (C=O) groups is 1. The molecule has 0 radical (unpaired) electrons. The van der Waals surface area contributed by atoms with E-state index in [0.717, 1.165) is 33.7 Å². The van der Waals surface area contributed by atoms with Gasteiger partial charge in [-0.2, -0.15) is 0 Å². The molecule has 2 aromatic heterocycles. The van der Waals surface area contributed by atoms with Gasteiger partial charge in [0.25, 0.3) is 0 Å². The molecule has 32 heavy (non-hydrogen) atoms. The highest BCUT2D eigenvalue weighted by atomic mass is 35.5. The number of hydrogen-bond donors (Lipinski definition) is 2. The van der Waals surface area contributed by atoms with Crippen LogP contribution in [0.25, 0.3) is 22.3 Å². The van der Waals surface area contributed by atoms with E-state index in [2.05, 4.69) is 43.4 Å². The zero-order chi connectivity index (χ0) is 21.9. The number of anilines is 1. The third-order valence-corrected chi connectivity index (χ3v) is 5.96. The molecule has 8 heteroatoms. The summed E-state index contributed by atoms with van der Waals surface area (Å²) >= 11 is 5.92. The largest absolute Gasteiger partial charge is 0.352 e. The number of amides is 2. The quantitative estimate of drug-likeness (QED) is 0.489. The molecule has 2 N–H and O–H groups in total. The maximum atomic E-state index is 12.6. The van der Waals surface area contributed by atoms with Crippen LogP contribution in [0.15, 0.2) is 67.0 Å². The van der Waals surface area contributed by atoms with Gasteiger partial charge in [-0.15, -0.1) is 0 Å². The number of rotatable bonds is 4. The van der Waals surface area contributed by atoms with Crippen LogP contribution in [-0.4, -0.2) is 52.1 Å². The lowest BCUT2D eigenvalue weighted by atomic mass is 10.1. The summed E-state index contributed by atoms with van der Waals surface area (Å²) in [6, 6.07) is 19.7. The molecule has 5 rings (SSSR count). The summed E-state index contributed by atoms with van der Waals surface area (Å²) in [6.45, 7) is 3.18. The third kappa shape index (κ3) is 4.24. The Balaban J connectivity index is 1.24. The number of benzene rings is 2. The monoisotopic (exact) mass is 446 g/mol. The van der Waals surface area contributed by atoms with Gasteiger partial charge in [-0.1, -0.05) is 54.1 Å². The van der Waals surface area contributed by atoms with E-state index >= 15 is 0 Å². The highest BCUT2D eigenvalue weighted by Gasteiger charge is 2.23. The van der Waals surface area contributed by atoms with Crippen LogP contribution in [0, 0.1) is 0 Å². The molecule has 2 amide bonds. The van der Waals surface area contributed by atoms with E-state index in [0.29, 0.717) is 37.7 Å². The van der Waals surface area contributed by atoms with Crippen molar-refractivity contribution in [2.45, 2.75) is 6.54 Å². The highest BCUT2D eigenvalue weighted by Crippen LogP contribution is 2.29. The molecule has 162 valence electrons. The van der Waals surface area contributed by atoms with Gasteiger partial charge in [-0.25, -0.2) is 14.8 Å². The van der Waals surface area contributed by atoms with Crippen molar-refractivity contribution in [2.75, 3.05) is 31.1 Å². The summed E-state index contributed by atoms with van der Waals surface area (Å²) in [6.07, 6.45) is 1.59. The molecule has 7 nitrogen and oxygen atoms in total. The van der Waals surface area contributed by atoms with Crippen molar-refractivity contribution in [3.05, 3.63) is 77.6 Å². The molecule has 3 heterocycles. The molecular weight excluding hydrogens is 424 g/mol. The smallest absolute Gasteiger partial charge is 0.317 e. The second-order valence-electron chi connectivity index (χ2n) is 7.77. The molecule has 1 aliphatic heterocycles. The lowest BCUT2D eigenvalue weighted by molar-refractivity contribution is 0.194. The molecule has 0 spiro atoms. The van der Waals surface area contributed by atoms with Gasteiger partial charge >= 0.3 is 6.03 Å². The lowest BCUT2D eigenvalue weighted by Crippen LogP contribution is -2.52. The maximum absolute atomic E-state index is 12.6. The SMILES string of the molecule is O=C(NCc1ccc(Cl)cc1)N1CCN(c2ncnc3[nH]c(-c4ccccc4)cc23)CC1. The van der Waals surface area contributed by atoms with Crippen molar-refractivity contribution in [3.63, 3.8) is 0 Å². The lowest BCUT2D eigenvalue weighted by Gasteiger charge is -2.35. The summed E-state index contributed by atoms with van der Waals surface area (Å²) in [5.41, 5.74) is 3.96. The first-order valence-electron chi connectivity index (χ1n) is 10.6. The number of halogens is 1. The van der Waals surface area contributed by atoms with Gasteiger partial charge in [0.1, 0.15) is 17.8 Å². The van der Waals surface area contributed by atoms with Gasteiger partial charge < -0.3 is 20.1 Å². The van der Waals surface area contributed by atoms with Crippen LogP contribution in [0.1, 0.15) is 5.56 Å². The van der Waals surface area contributed by atoms with Crippen molar-refractivity contribution in [2.24, 2.45) is 0 Å². The molecule has 0 aliphatic carbocycles. The number of piperazine rings is 1. The molecule has 2 aromatic carbocycles. The maximum Gasteiger partial charge on any atom is 0.317 e. The minimum Gasteiger partial charge on any atom is -0.352 e. The Labute approximate surface area is 191 Å². The summed E-state index contributed by atoms with van der Waals surface area (Å²) < 4.78 is 0. The average molecular weight is 447 g/mol. The Morgan fingerprint density at radius 1 is 1.00 bits per heavy atom. The van der Waals surface area contributed by atoms with E-state index in [9.17, 15) is 4.79 Å². The molecule has 0 unspecified atom stereocenters. The first kappa shape index (κ1) is 20.3. The molecule has 0 bridgehead atoms. The molecule has 0 atom stereocenters. The van der Waals surface area contributed by atoms with Crippen LogP contribution >= 0.6 is 11.6 Å². The number of carbonyl (C=O) groups excluding carboxylic acids is 1. The number of nitrogens with zero attached hydrogens (tertiary/aromatic N) is 4. The Hall–Kier alpha value is -3.58. The van der Waals surface area contributed by atoms with Crippen LogP contribution in [0.4, 0.5) is 10.6 Å². The van der Waals surface area contributed by atoms with Gasteiger partial charge in [-0.05, 0) is 29.3 Å². The molecule has 4 aromatic rings. The van der Waals surface area contributed by atoms with Crippen molar-refractivity contribution in [1.82, 2.24) is 25.2 Å². The molecule has 1 aliphatic rings. The van der Waals surface area contributed by atoms with E-state index in [4.69, 9.17) is 11.6 Å². The highest BCUT2D eigenvalue weighted by molar-refractivity contribution is 6.30. The Bertz CT molecular complexity index is 1220. The van der Waals surface area contributed by atoms with Crippen LogP contribution in [0.2, 0.25) is 5.02 Å². The zero-order valence-corrected chi connectivity index (χ0v) is 18.2. The van der Waals surface area contributed by atoms with Gasteiger partial charge in [-0.3, -0.25) is 0 Å². The van der Waals surface area contributed by atoms with Crippen molar-refractivity contribution in [3.8, 4) is 11.3 Å². The van der Waals surface area contributed by atoms with Gasteiger partial charge in [0.2, 0.25) is 0 Å². The fourth-order valence-corrected chi connectivity index (χ4v) is 4.09.